The Kier molecular flexibility index (Phi) is 10.7. The lowest BCUT2D eigenvalue weighted by Gasteiger charge is -2.43. The van der Waals surface area contributed by atoms with Crippen molar-refractivity contribution in [2.45, 2.75) is 71.9 Å². The Morgan fingerprint density at radius 2 is 1.59 bits per heavy atom. The van der Waals surface area contributed by atoms with E-state index in [1.165, 1.54) is 6.92 Å². The minimum atomic E-state index is -0.524. The van der Waals surface area contributed by atoms with E-state index in [2.05, 4.69) is 10.6 Å². The summed E-state index contributed by atoms with van der Waals surface area (Å²) in [5, 5.41) is 6.41. The lowest BCUT2D eigenvalue weighted by molar-refractivity contribution is -0.106. The predicted molar refractivity (Wildman–Crippen MR) is 152 cm³/mol. The van der Waals surface area contributed by atoms with E-state index in [1.807, 2.05) is 101 Å². The number of nitrogens with zero attached hydrogens (tertiary/aromatic N) is 1. The smallest absolute Gasteiger partial charge is 0.408 e. The van der Waals surface area contributed by atoms with Crippen molar-refractivity contribution in [3.63, 3.8) is 0 Å². The van der Waals surface area contributed by atoms with E-state index >= 15 is 0 Å². The standard InChI is InChI=1S/C26H30N4O2.C2H4O.C2H6/c1-25(2,3)32-24(31)30-26(16-7-17-26)19-10-12-20(13-11-19)28-23-21(27)14-15-22(29-23)18-8-5-4-6-9-18;1-2-3;1-2/h4-6,8-15H,7,16-17,27H2,1-3H3,(H,28,29)(H,30,31);2H,1H3;1-2H3. The second-order valence-corrected chi connectivity index (χ2v) is 9.50. The van der Waals surface area contributed by atoms with Crippen LogP contribution >= 0.6 is 0 Å². The number of hydrogen-bond donors (Lipinski definition) is 3. The quantitative estimate of drug-likeness (QED) is 0.317. The van der Waals surface area contributed by atoms with Crippen LogP contribution in [-0.2, 0) is 15.1 Å². The molecule has 1 fully saturated rings. The number of aldehydes is 1. The number of carbonyl (C=O) groups is 2. The van der Waals surface area contributed by atoms with Crippen LogP contribution in [0.25, 0.3) is 11.3 Å². The highest BCUT2D eigenvalue weighted by molar-refractivity contribution is 5.73. The Labute approximate surface area is 220 Å². The SMILES string of the molecule is CC.CC(C)(C)OC(=O)NC1(c2ccc(Nc3nc(-c4ccccc4)ccc3N)cc2)CCC1.CC=O. The molecule has 0 radical (unpaired) electrons. The molecular formula is C30H40N4O3. The molecule has 4 N–H and O–H groups in total. The van der Waals surface area contributed by atoms with Gasteiger partial charge in [0.15, 0.2) is 5.82 Å². The monoisotopic (exact) mass is 504 g/mol. The van der Waals surface area contributed by atoms with Gasteiger partial charge in [-0.2, -0.15) is 0 Å². The number of nitrogen functional groups attached to an aromatic ring is 1. The summed E-state index contributed by atoms with van der Waals surface area (Å²) >= 11 is 0. The highest BCUT2D eigenvalue weighted by Crippen LogP contribution is 2.42. The first kappa shape index (κ1) is 29.4. The number of alkyl carbamates (subject to hydrolysis) is 1. The molecule has 7 heteroatoms. The second kappa shape index (κ2) is 13.4. The predicted octanol–water partition coefficient (Wildman–Crippen LogP) is 7.21. The summed E-state index contributed by atoms with van der Waals surface area (Å²) < 4.78 is 5.47. The van der Waals surface area contributed by atoms with Crippen LogP contribution in [-0.4, -0.2) is 23.0 Å². The molecule has 198 valence electrons. The Morgan fingerprint density at radius 1 is 1.00 bits per heavy atom. The average Bonchev–Trinajstić information content (AvgIpc) is 2.85. The number of carbonyl (C=O) groups excluding carboxylic acids is 2. The molecule has 1 amide bonds. The van der Waals surface area contributed by atoms with Crippen molar-refractivity contribution >= 4 is 29.6 Å². The van der Waals surface area contributed by atoms with Gasteiger partial charge in [0.25, 0.3) is 0 Å². The molecule has 7 nitrogen and oxygen atoms in total. The zero-order valence-electron chi connectivity index (χ0n) is 22.8. The molecule has 0 unspecified atom stereocenters. The molecule has 0 aliphatic heterocycles. The molecular weight excluding hydrogens is 464 g/mol. The summed E-state index contributed by atoms with van der Waals surface area (Å²) in [5.74, 6) is 0.615. The molecule has 0 spiro atoms. The van der Waals surface area contributed by atoms with Crippen LogP contribution in [0.4, 0.5) is 22.0 Å². The normalized spacial score (nSPS) is 13.4. The molecule has 1 aliphatic carbocycles. The van der Waals surface area contributed by atoms with Gasteiger partial charge in [-0.1, -0.05) is 56.3 Å². The van der Waals surface area contributed by atoms with Gasteiger partial charge >= 0.3 is 6.09 Å². The minimum Gasteiger partial charge on any atom is -0.444 e. The number of aromatic nitrogens is 1. The van der Waals surface area contributed by atoms with Gasteiger partial charge in [0.2, 0.25) is 0 Å². The number of rotatable bonds is 5. The topological polar surface area (TPSA) is 106 Å². The van der Waals surface area contributed by atoms with E-state index < -0.39 is 5.60 Å². The van der Waals surface area contributed by atoms with Crippen LogP contribution < -0.4 is 16.4 Å². The number of pyridine rings is 1. The third-order valence-corrected chi connectivity index (χ3v) is 5.64. The van der Waals surface area contributed by atoms with Crippen molar-refractivity contribution in [2.24, 2.45) is 0 Å². The Balaban J connectivity index is 0.000000898. The number of benzene rings is 2. The maximum absolute atomic E-state index is 12.4. The van der Waals surface area contributed by atoms with Gasteiger partial charge in [-0.15, -0.1) is 0 Å². The Morgan fingerprint density at radius 3 is 2.11 bits per heavy atom. The van der Waals surface area contributed by atoms with Crippen molar-refractivity contribution in [3.05, 3.63) is 72.3 Å². The fraction of sp³-hybridized carbons (Fsp3) is 0.367. The maximum Gasteiger partial charge on any atom is 0.408 e. The molecule has 1 saturated carbocycles. The average molecular weight is 505 g/mol. The van der Waals surface area contributed by atoms with Crippen molar-refractivity contribution < 1.29 is 14.3 Å². The third kappa shape index (κ3) is 8.34. The highest BCUT2D eigenvalue weighted by Gasteiger charge is 2.41. The lowest BCUT2D eigenvalue weighted by atomic mass is 9.72. The van der Waals surface area contributed by atoms with E-state index in [4.69, 9.17) is 20.2 Å². The van der Waals surface area contributed by atoms with Crippen LogP contribution in [0, 0.1) is 0 Å². The molecule has 4 rings (SSSR count). The van der Waals surface area contributed by atoms with Gasteiger partial charge < -0.3 is 25.9 Å². The van der Waals surface area contributed by atoms with Gasteiger partial charge in [0.05, 0.1) is 16.9 Å². The molecule has 1 aliphatic rings. The first-order valence-electron chi connectivity index (χ1n) is 12.8. The molecule has 3 aromatic rings. The number of amides is 1. The minimum absolute atomic E-state index is 0.370. The summed E-state index contributed by atoms with van der Waals surface area (Å²) in [6, 6.07) is 21.8. The zero-order valence-corrected chi connectivity index (χ0v) is 22.8. The van der Waals surface area contributed by atoms with Crippen LogP contribution in [0.5, 0.6) is 0 Å². The summed E-state index contributed by atoms with van der Waals surface area (Å²) in [6.45, 7) is 11.0. The molecule has 0 saturated heterocycles. The first-order chi connectivity index (χ1) is 17.7. The Bertz CT molecular complexity index is 1140. The summed E-state index contributed by atoms with van der Waals surface area (Å²) in [7, 11) is 0. The third-order valence-electron chi connectivity index (χ3n) is 5.64. The molecule has 2 aromatic carbocycles. The fourth-order valence-corrected chi connectivity index (χ4v) is 3.86. The van der Waals surface area contributed by atoms with E-state index in [9.17, 15) is 4.79 Å². The zero-order chi connectivity index (χ0) is 27.5. The second-order valence-electron chi connectivity index (χ2n) is 9.50. The Hall–Kier alpha value is -3.87. The van der Waals surface area contributed by atoms with Gasteiger partial charge in [-0.3, -0.25) is 0 Å². The molecule has 1 aromatic heterocycles. The van der Waals surface area contributed by atoms with E-state index in [0.29, 0.717) is 11.5 Å². The highest BCUT2D eigenvalue weighted by atomic mass is 16.6. The molecule has 37 heavy (non-hydrogen) atoms. The van der Waals surface area contributed by atoms with Gasteiger partial charge in [-0.25, -0.2) is 9.78 Å². The largest absolute Gasteiger partial charge is 0.444 e. The van der Waals surface area contributed by atoms with Crippen LogP contribution in [0.1, 0.15) is 66.4 Å². The molecule has 0 atom stereocenters. The number of nitrogens with one attached hydrogen (secondary N) is 2. The van der Waals surface area contributed by atoms with Crippen LogP contribution in [0.15, 0.2) is 66.7 Å². The van der Waals surface area contributed by atoms with E-state index in [1.54, 1.807) is 0 Å². The van der Waals surface area contributed by atoms with Crippen molar-refractivity contribution in [1.82, 2.24) is 10.3 Å². The molecule has 1 heterocycles. The number of ether oxygens (including phenoxy) is 1. The maximum atomic E-state index is 12.4. The summed E-state index contributed by atoms with van der Waals surface area (Å²) in [5.41, 5.74) is 9.69. The van der Waals surface area contributed by atoms with Crippen molar-refractivity contribution in [3.8, 4) is 11.3 Å². The van der Waals surface area contributed by atoms with Gasteiger partial charge in [-0.05, 0) is 76.8 Å². The fourth-order valence-electron chi connectivity index (χ4n) is 3.86. The van der Waals surface area contributed by atoms with E-state index in [0.717, 1.165) is 48.1 Å². The summed E-state index contributed by atoms with van der Waals surface area (Å²) in [6.07, 6.45) is 3.23. The number of hydrogen-bond acceptors (Lipinski definition) is 6. The number of nitrogens with two attached hydrogens (primary N) is 1. The van der Waals surface area contributed by atoms with Gasteiger partial charge in [0.1, 0.15) is 11.9 Å². The van der Waals surface area contributed by atoms with Crippen LogP contribution in [0.2, 0.25) is 0 Å². The van der Waals surface area contributed by atoms with Gasteiger partial charge in [0, 0.05) is 11.3 Å². The lowest BCUT2D eigenvalue weighted by Crippen LogP contribution is -2.52. The van der Waals surface area contributed by atoms with Crippen molar-refractivity contribution in [2.75, 3.05) is 11.1 Å². The van der Waals surface area contributed by atoms with Crippen LogP contribution in [0.3, 0.4) is 0 Å². The summed E-state index contributed by atoms with van der Waals surface area (Å²) in [4.78, 5) is 25.9. The van der Waals surface area contributed by atoms with E-state index in [-0.39, 0.29) is 11.6 Å². The van der Waals surface area contributed by atoms with Crippen molar-refractivity contribution in [1.29, 1.82) is 0 Å². The number of anilines is 3. The molecule has 0 bridgehead atoms. The first-order valence-corrected chi connectivity index (χ1v) is 12.8.